The molecule has 1 fully saturated rings. The number of carbonyl (C=O) groups excluding carboxylic acids is 1. The van der Waals surface area contributed by atoms with Crippen molar-refractivity contribution in [1.29, 1.82) is 0 Å². The molecule has 1 aliphatic rings. The van der Waals surface area contributed by atoms with Crippen LogP contribution in [0.2, 0.25) is 5.02 Å². The number of aromatic nitrogens is 1. The largest absolute Gasteiger partial charge is 0.467 e. The van der Waals surface area contributed by atoms with E-state index in [2.05, 4.69) is 15.0 Å². The molecule has 1 amide bonds. The van der Waals surface area contributed by atoms with Gasteiger partial charge < -0.3 is 14.8 Å². The van der Waals surface area contributed by atoms with E-state index in [0.717, 1.165) is 19.0 Å². The predicted molar refractivity (Wildman–Crippen MR) is 72.1 cm³/mol. The molecule has 1 aliphatic heterocycles. The van der Waals surface area contributed by atoms with Crippen LogP contribution in [0.1, 0.15) is 23.2 Å². The molecule has 1 saturated heterocycles. The first-order chi connectivity index (χ1) is 10.3. The van der Waals surface area contributed by atoms with Crippen LogP contribution in [0.3, 0.4) is 0 Å². The van der Waals surface area contributed by atoms with Gasteiger partial charge in [-0.3, -0.25) is 4.79 Å². The van der Waals surface area contributed by atoms with Gasteiger partial charge in [0.25, 0.3) is 5.91 Å². The zero-order valence-electron chi connectivity index (χ0n) is 11.5. The molecule has 1 aromatic rings. The van der Waals surface area contributed by atoms with Crippen molar-refractivity contribution in [3.8, 4) is 5.88 Å². The summed E-state index contributed by atoms with van der Waals surface area (Å²) in [5.74, 6) is -0.790. The number of nitrogens with zero attached hydrogens (tertiary/aromatic N) is 1. The lowest BCUT2D eigenvalue weighted by Crippen LogP contribution is -2.31. The van der Waals surface area contributed by atoms with Crippen LogP contribution in [0.15, 0.2) is 12.3 Å². The third kappa shape index (κ3) is 5.03. The molecule has 5 nitrogen and oxygen atoms in total. The standard InChI is InChI=1S/C13H14ClF3N2O3/c14-10-4-8(5-19-12(10)22-7-13(15,16)17)11(20)18-6-9-2-1-3-21-9/h4-5,9H,1-3,6-7H2,(H,18,20). The Morgan fingerprint density at radius 1 is 1.55 bits per heavy atom. The fourth-order valence-electron chi connectivity index (χ4n) is 1.92. The third-order valence-electron chi connectivity index (χ3n) is 2.96. The second kappa shape index (κ2) is 7.15. The van der Waals surface area contributed by atoms with E-state index >= 15 is 0 Å². The van der Waals surface area contributed by atoms with Gasteiger partial charge >= 0.3 is 6.18 Å². The number of hydrogen-bond acceptors (Lipinski definition) is 4. The highest BCUT2D eigenvalue weighted by Gasteiger charge is 2.29. The van der Waals surface area contributed by atoms with Gasteiger partial charge in [-0.1, -0.05) is 11.6 Å². The quantitative estimate of drug-likeness (QED) is 0.896. The SMILES string of the molecule is O=C(NCC1CCCO1)c1cnc(OCC(F)(F)F)c(Cl)c1. The minimum atomic E-state index is -4.48. The Morgan fingerprint density at radius 2 is 2.32 bits per heavy atom. The Hall–Kier alpha value is -1.54. The number of pyridine rings is 1. The van der Waals surface area contributed by atoms with E-state index in [1.54, 1.807) is 0 Å². The van der Waals surface area contributed by atoms with Gasteiger partial charge in [-0.2, -0.15) is 13.2 Å². The average Bonchev–Trinajstić information content (AvgIpc) is 2.95. The van der Waals surface area contributed by atoms with Gasteiger partial charge in [0.1, 0.15) is 5.02 Å². The molecule has 1 unspecified atom stereocenters. The Morgan fingerprint density at radius 3 is 2.91 bits per heavy atom. The molecule has 0 saturated carbocycles. The second-order valence-corrected chi connectivity index (χ2v) is 5.17. The van der Waals surface area contributed by atoms with Crippen molar-refractivity contribution in [3.05, 3.63) is 22.8 Å². The van der Waals surface area contributed by atoms with Crippen LogP contribution in [0, 0.1) is 0 Å². The number of alkyl halides is 3. The van der Waals surface area contributed by atoms with Crippen LogP contribution in [0.25, 0.3) is 0 Å². The lowest BCUT2D eigenvalue weighted by molar-refractivity contribution is -0.154. The van der Waals surface area contributed by atoms with Crippen molar-refractivity contribution >= 4 is 17.5 Å². The van der Waals surface area contributed by atoms with Gasteiger partial charge in [-0.15, -0.1) is 0 Å². The van der Waals surface area contributed by atoms with E-state index in [0.29, 0.717) is 13.2 Å². The van der Waals surface area contributed by atoms with Crippen LogP contribution in [-0.2, 0) is 4.74 Å². The average molecular weight is 339 g/mol. The number of hydrogen-bond donors (Lipinski definition) is 1. The summed E-state index contributed by atoms with van der Waals surface area (Å²) in [4.78, 5) is 15.5. The van der Waals surface area contributed by atoms with E-state index in [-0.39, 0.29) is 22.6 Å². The van der Waals surface area contributed by atoms with Crippen molar-refractivity contribution in [3.63, 3.8) is 0 Å². The molecule has 2 heterocycles. The number of ether oxygens (including phenoxy) is 2. The van der Waals surface area contributed by atoms with Crippen LogP contribution in [0.4, 0.5) is 13.2 Å². The molecule has 0 bridgehead atoms. The van der Waals surface area contributed by atoms with Crippen molar-refractivity contribution in [2.45, 2.75) is 25.1 Å². The normalized spacial score (nSPS) is 18.3. The zero-order valence-corrected chi connectivity index (χ0v) is 12.2. The highest BCUT2D eigenvalue weighted by Crippen LogP contribution is 2.25. The van der Waals surface area contributed by atoms with E-state index in [1.165, 1.54) is 6.07 Å². The van der Waals surface area contributed by atoms with Crippen LogP contribution in [-0.4, -0.2) is 42.9 Å². The highest BCUT2D eigenvalue weighted by molar-refractivity contribution is 6.32. The topological polar surface area (TPSA) is 60.5 Å². The molecule has 122 valence electrons. The first kappa shape index (κ1) is 16.8. The van der Waals surface area contributed by atoms with Gasteiger partial charge in [0, 0.05) is 19.3 Å². The van der Waals surface area contributed by atoms with Crippen LogP contribution in [0.5, 0.6) is 5.88 Å². The van der Waals surface area contributed by atoms with Crippen molar-refractivity contribution in [1.82, 2.24) is 10.3 Å². The van der Waals surface area contributed by atoms with Crippen molar-refractivity contribution in [2.75, 3.05) is 19.8 Å². The van der Waals surface area contributed by atoms with Crippen LogP contribution >= 0.6 is 11.6 Å². The molecule has 0 aliphatic carbocycles. The fourth-order valence-corrected chi connectivity index (χ4v) is 2.14. The van der Waals surface area contributed by atoms with Gasteiger partial charge in [0.2, 0.25) is 5.88 Å². The maximum Gasteiger partial charge on any atom is 0.422 e. The fraction of sp³-hybridized carbons (Fsp3) is 0.538. The number of carbonyl (C=O) groups is 1. The number of halogens is 4. The molecule has 1 aromatic heterocycles. The summed E-state index contributed by atoms with van der Waals surface area (Å²) < 4.78 is 46.0. The summed E-state index contributed by atoms with van der Waals surface area (Å²) in [6, 6.07) is 1.21. The smallest absolute Gasteiger partial charge is 0.422 e. The number of amides is 1. The van der Waals surface area contributed by atoms with Gasteiger partial charge in [-0.25, -0.2) is 4.98 Å². The highest BCUT2D eigenvalue weighted by atomic mass is 35.5. The van der Waals surface area contributed by atoms with E-state index < -0.39 is 18.7 Å². The molecular formula is C13H14ClF3N2O3. The summed E-state index contributed by atoms with van der Waals surface area (Å²) in [7, 11) is 0. The van der Waals surface area contributed by atoms with Gasteiger partial charge in [-0.05, 0) is 18.9 Å². The van der Waals surface area contributed by atoms with Gasteiger partial charge in [0.05, 0.1) is 11.7 Å². The molecule has 0 aromatic carbocycles. The molecule has 1 atom stereocenters. The minimum Gasteiger partial charge on any atom is -0.467 e. The lowest BCUT2D eigenvalue weighted by Gasteiger charge is -2.12. The Labute approximate surface area is 129 Å². The Kier molecular flexibility index (Phi) is 5.47. The summed E-state index contributed by atoms with van der Waals surface area (Å²) in [6.07, 6.45) is -1.55. The van der Waals surface area contributed by atoms with E-state index in [9.17, 15) is 18.0 Å². The molecule has 9 heteroatoms. The van der Waals surface area contributed by atoms with E-state index in [4.69, 9.17) is 16.3 Å². The third-order valence-corrected chi connectivity index (χ3v) is 3.23. The Balaban J connectivity index is 1.91. The lowest BCUT2D eigenvalue weighted by atomic mass is 10.2. The molecule has 0 radical (unpaired) electrons. The Bertz CT molecular complexity index is 534. The number of nitrogens with one attached hydrogen (secondary N) is 1. The maximum absolute atomic E-state index is 12.1. The first-order valence-corrected chi connectivity index (χ1v) is 6.98. The molecule has 2 rings (SSSR count). The molecular weight excluding hydrogens is 325 g/mol. The summed E-state index contributed by atoms with van der Waals surface area (Å²) in [5, 5.41) is 2.50. The molecule has 0 spiro atoms. The maximum atomic E-state index is 12.1. The van der Waals surface area contributed by atoms with Crippen molar-refractivity contribution in [2.24, 2.45) is 0 Å². The summed E-state index contributed by atoms with van der Waals surface area (Å²) >= 11 is 5.77. The molecule has 1 N–H and O–H groups in total. The minimum absolute atomic E-state index is 0.0122. The van der Waals surface area contributed by atoms with Crippen LogP contribution < -0.4 is 10.1 Å². The predicted octanol–water partition coefficient (Wildman–Crippen LogP) is 2.58. The zero-order chi connectivity index (χ0) is 16.2. The summed E-state index contributed by atoms with van der Waals surface area (Å²) in [6.45, 7) is -0.452. The summed E-state index contributed by atoms with van der Waals surface area (Å²) in [5.41, 5.74) is 0.141. The van der Waals surface area contributed by atoms with Crippen molar-refractivity contribution < 1.29 is 27.4 Å². The monoisotopic (exact) mass is 338 g/mol. The van der Waals surface area contributed by atoms with E-state index in [1.807, 2.05) is 0 Å². The number of rotatable bonds is 5. The van der Waals surface area contributed by atoms with Gasteiger partial charge in [0.15, 0.2) is 6.61 Å². The second-order valence-electron chi connectivity index (χ2n) is 4.76. The molecule has 22 heavy (non-hydrogen) atoms. The first-order valence-electron chi connectivity index (χ1n) is 6.60.